The van der Waals surface area contributed by atoms with Gasteiger partial charge in [-0.2, -0.15) is 0 Å². The van der Waals surface area contributed by atoms with Crippen LogP contribution in [0.5, 0.6) is 0 Å². The van der Waals surface area contributed by atoms with Crippen molar-refractivity contribution < 1.29 is 9.53 Å². The van der Waals surface area contributed by atoms with E-state index in [-0.39, 0.29) is 24.4 Å². The molecule has 0 rings (SSSR count). The molecule has 0 aliphatic carbocycles. The molecule has 0 amide bonds. The fraction of sp³-hybridized carbons (Fsp3) is 0.875. The molecular formula is C8H19ClN2O2. The van der Waals surface area contributed by atoms with Crippen LogP contribution in [0.4, 0.5) is 0 Å². The van der Waals surface area contributed by atoms with Crippen LogP contribution >= 0.6 is 12.4 Å². The summed E-state index contributed by atoms with van der Waals surface area (Å²) in [5.41, 5.74) is 5.33. The van der Waals surface area contributed by atoms with E-state index >= 15 is 0 Å². The molecule has 3 N–H and O–H groups in total. The van der Waals surface area contributed by atoms with Crippen LogP contribution in [0.2, 0.25) is 0 Å². The van der Waals surface area contributed by atoms with Crippen LogP contribution in [0.1, 0.15) is 19.3 Å². The smallest absolute Gasteiger partial charge is 0.322 e. The van der Waals surface area contributed by atoms with Crippen LogP contribution in [0.15, 0.2) is 0 Å². The van der Waals surface area contributed by atoms with Gasteiger partial charge < -0.3 is 15.8 Å². The summed E-state index contributed by atoms with van der Waals surface area (Å²) in [6.45, 7) is 0.678. The van der Waals surface area contributed by atoms with Gasteiger partial charge in [-0.05, 0) is 26.4 Å². The summed E-state index contributed by atoms with van der Waals surface area (Å²) in [5.74, 6) is -0.200. The molecule has 0 aliphatic rings. The highest BCUT2D eigenvalue weighted by Gasteiger charge is 2.15. The van der Waals surface area contributed by atoms with Gasteiger partial charge >= 0.3 is 5.97 Å². The van der Waals surface area contributed by atoms with Gasteiger partial charge in [0.1, 0.15) is 6.04 Å². The second-order valence-corrected chi connectivity index (χ2v) is 2.65. The van der Waals surface area contributed by atoms with Crippen LogP contribution in [-0.2, 0) is 9.53 Å². The molecule has 80 valence electrons. The van der Waals surface area contributed by atoms with Crippen molar-refractivity contribution in [3.05, 3.63) is 0 Å². The lowest BCUT2D eigenvalue weighted by Crippen LogP contribution is -2.34. The Hall–Kier alpha value is -0.320. The highest BCUT2D eigenvalue weighted by molar-refractivity contribution is 5.85. The first-order chi connectivity index (χ1) is 5.76. The zero-order chi connectivity index (χ0) is 9.40. The largest absolute Gasteiger partial charge is 0.468 e. The standard InChI is InChI=1S/C8H18N2O2.ClH/c1-10-7(8(11)12-2)5-3-4-6-9;/h7,10H,3-6,9H2,1-2H3;1H/t7-;/m0./s1. The fourth-order valence-electron chi connectivity index (χ4n) is 1.02. The molecule has 13 heavy (non-hydrogen) atoms. The highest BCUT2D eigenvalue weighted by Crippen LogP contribution is 2.00. The van der Waals surface area contributed by atoms with Crippen LogP contribution in [0, 0.1) is 0 Å². The Labute approximate surface area is 85.6 Å². The molecule has 0 aromatic heterocycles. The molecule has 4 nitrogen and oxygen atoms in total. The van der Waals surface area contributed by atoms with E-state index in [1.165, 1.54) is 7.11 Å². The maximum absolute atomic E-state index is 11.0. The van der Waals surface area contributed by atoms with Crippen LogP contribution in [0.25, 0.3) is 0 Å². The lowest BCUT2D eigenvalue weighted by Gasteiger charge is -2.12. The van der Waals surface area contributed by atoms with E-state index in [1.807, 2.05) is 0 Å². The third-order valence-electron chi connectivity index (χ3n) is 1.78. The molecule has 0 radical (unpaired) electrons. The van der Waals surface area contributed by atoms with Crippen LogP contribution in [-0.4, -0.2) is 32.7 Å². The number of ether oxygens (including phenoxy) is 1. The van der Waals surface area contributed by atoms with Crippen molar-refractivity contribution in [2.24, 2.45) is 5.73 Å². The van der Waals surface area contributed by atoms with Gasteiger partial charge in [0.25, 0.3) is 0 Å². The molecule has 0 heterocycles. The maximum Gasteiger partial charge on any atom is 0.322 e. The van der Waals surface area contributed by atoms with E-state index in [4.69, 9.17) is 5.73 Å². The number of nitrogens with two attached hydrogens (primary N) is 1. The first kappa shape index (κ1) is 15.2. The Balaban J connectivity index is 0. The van der Waals surface area contributed by atoms with Gasteiger partial charge in [0, 0.05) is 0 Å². The van der Waals surface area contributed by atoms with Gasteiger partial charge in [0.2, 0.25) is 0 Å². The number of rotatable bonds is 6. The molecule has 0 saturated carbocycles. The minimum atomic E-state index is -0.200. The van der Waals surface area contributed by atoms with E-state index in [0.717, 1.165) is 19.3 Å². The number of carbonyl (C=O) groups is 1. The maximum atomic E-state index is 11.0. The first-order valence-corrected chi connectivity index (χ1v) is 4.21. The predicted octanol–water partition coefficient (Wildman–Crippen LogP) is 0.298. The molecule has 5 heteroatoms. The summed E-state index contributed by atoms with van der Waals surface area (Å²) >= 11 is 0. The minimum absolute atomic E-state index is 0. The van der Waals surface area contributed by atoms with Gasteiger partial charge in [0.05, 0.1) is 7.11 Å². The number of hydrogen-bond donors (Lipinski definition) is 2. The van der Waals surface area contributed by atoms with Crippen molar-refractivity contribution in [2.45, 2.75) is 25.3 Å². The Morgan fingerprint density at radius 1 is 1.54 bits per heavy atom. The summed E-state index contributed by atoms with van der Waals surface area (Å²) < 4.78 is 4.60. The third-order valence-corrected chi connectivity index (χ3v) is 1.78. The van der Waals surface area contributed by atoms with E-state index in [1.54, 1.807) is 7.05 Å². The molecule has 0 aliphatic heterocycles. The molecule has 0 aromatic carbocycles. The Morgan fingerprint density at radius 3 is 2.54 bits per heavy atom. The zero-order valence-electron chi connectivity index (χ0n) is 8.21. The summed E-state index contributed by atoms with van der Waals surface area (Å²) in [6.07, 6.45) is 2.70. The van der Waals surface area contributed by atoms with Crippen molar-refractivity contribution in [2.75, 3.05) is 20.7 Å². The molecule has 0 bridgehead atoms. The summed E-state index contributed by atoms with van der Waals surface area (Å²) in [4.78, 5) is 11.0. The molecule has 0 fully saturated rings. The summed E-state index contributed by atoms with van der Waals surface area (Å²) in [5, 5.41) is 2.90. The Bertz CT molecular complexity index is 133. The average Bonchev–Trinajstić information content (AvgIpc) is 2.11. The van der Waals surface area contributed by atoms with Gasteiger partial charge in [-0.1, -0.05) is 6.42 Å². The zero-order valence-corrected chi connectivity index (χ0v) is 9.02. The number of likely N-dealkylation sites (N-methyl/N-ethyl adjacent to an activating group) is 1. The van der Waals surface area contributed by atoms with Crippen molar-refractivity contribution in [1.29, 1.82) is 0 Å². The molecule has 1 atom stereocenters. The number of unbranched alkanes of at least 4 members (excludes halogenated alkanes) is 1. The van der Waals surface area contributed by atoms with E-state index in [0.29, 0.717) is 6.54 Å². The molecular weight excluding hydrogens is 192 g/mol. The molecule has 0 aromatic rings. The number of nitrogens with one attached hydrogen (secondary N) is 1. The summed E-state index contributed by atoms with van der Waals surface area (Å²) in [7, 11) is 3.15. The number of hydrogen-bond acceptors (Lipinski definition) is 4. The van der Waals surface area contributed by atoms with Crippen LogP contribution in [0.3, 0.4) is 0 Å². The fourth-order valence-corrected chi connectivity index (χ4v) is 1.02. The van der Waals surface area contributed by atoms with Crippen molar-refractivity contribution >= 4 is 18.4 Å². The topological polar surface area (TPSA) is 64.3 Å². The lowest BCUT2D eigenvalue weighted by atomic mass is 10.1. The average molecular weight is 211 g/mol. The SMILES string of the molecule is CN[C@@H](CCCCN)C(=O)OC.Cl. The van der Waals surface area contributed by atoms with Gasteiger partial charge in [-0.15, -0.1) is 12.4 Å². The van der Waals surface area contributed by atoms with E-state index < -0.39 is 0 Å². The van der Waals surface area contributed by atoms with Gasteiger partial charge in [0.15, 0.2) is 0 Å². The normalized spacial score (nSPS) is 11.6. The number of methoxy groups -OCH3 is 1. The highest BCUT2D eigenvalue weighted by atomic mass is 35.5. The van der Waals surface area contributed by atoms with Gasteiger partial charge in [-0.25, -0.2) is 0 Å². The molecule has 0 unspecified atom stereocenters. The Morgan fingerprint density at radius 2 is 2.15 bits per heavy atom. The molecule has 0 spiro atoms. The Kier molecular flexibility index (Phi) is 11.4. The monoisotopic (exact) mass is 210 g/mol. The number of halogens is 1. The quantitative estimate of drug-likeness (QED) is 0.489. The van der Waals surface area contributed by atoms with Crippen molar-refractivity contribution in [1.82, 2.24) is 5.32 Å². The second kappa shape index (κ2) is 9.77. The predicted molar refractivity (Wildman–Crippen MR) is 55.0 cm³/mol. The van der Waals surface area contributed by atoms with Gasteiger partial charge in [-0.3, -0.25) is 4.79 Å². The first-order valence-electron chi connectivity index (χ1n) is 4.21. The second-order valence-electron chi connectivity index (χ2n) is 2.65. The van der Waals surface area contributed by atoms with Crippen LogP contribution < -0.4 is 11.1 Å². The van der Waals surface area contributed by atoms with E-state index in [2.05, 4.69) is 10.1 Å². The third kappa shape index (κ3) is 6.81. The van der Waals surface area contributed by atoms with Crippen molar-refractivity contribution in [3.63, 3.8) is 0 Å². The number of esters is 1. The lowest BCUT2D eigenvalue weighted by molar-refractivity contribution is -0.143. The number of carbonyl (C=O) groups excluding carboxylic acids is 1. The summed E-state index contributed by atoms with van der Waals surface area (Å²) in [6, 6.07) is -0.179. The van der Waals surface area contributed by atoms with Crippen molar-refractivity contribution in [3.8, 4) is 0 Å². The van der Waals surface area contributed by atoms with E-state index in [9.17, 15) is 4.79 Å². The molecule has 0 saturated heterocycles. The minimum Gasteiger partial charge on any atom is -0.468 e.